The second-order valence-electron chi connectivity index (χ2n) is 3.63. The summed E-state index contributed by atoms with van der Waals surface area (Å²) in [6.45, 7) is 0. The Bertz CT molecular complexity index is 607. The zero-order valence-electron chi connectivity index (χ0n) is 9.36. The zero-order chi connectivity index (χ0) is 13.0. The van der Waals surface area contributed by atoms with E-state index in [4.69, 9.17) is 21.6 Å². The van der Waals surface area contributed by atoms with Gasteiger partial charge in [0, 0.05) is 10.4 Å². The van der Waals surface area contributed by atoms with Gasteiger partial charge in [-0.15, -0.1) is 11.6 Å². The molecule has 0 fully saturated rings. The summed E-state index contributed by atoms with van der Waals surface area (Å²) in [5.41, 5.74) is 1.58. The fourth-order valence-electron chi connectivity index (χ4n) is 1.47. The van der Waals surface area contributed by atoms with Crippen molar-refractivity contribution in [3.63, 3.8) is 0 Å². The minimum absolute atomic E-state index is 0.449. The topological polar surface area (TPSA) is 33.0 Å². The highest BCUT2D eigenvalue weighted by Gasteiger charge is 2.03. The number of nitriles is 1. The van der Waals surface area contributed by atoms with Crippen LogP contribution in [0.15, 0.2) is 46.9 Å². The molecule has 2 aromatic rings. The summed E-state index contributed by atoms with van der Waals surface area (Å²) >= 11 is 9.21. The molecule has 0 aliphatic carbocycles. The minimum Gasteiger partial charge on any atom is -0.457 e. The fraction of sp³-hybridized carbons (Fsp3) is 0.0714. The number of benzene rings is 2. The van der Waals surface area contributed by atoms with Crippen LogP contribution in [-0.4, -0.2) is 0 Å². The Morgan fingerprint density at radius 1 is 1.17 bits per heavy atom. The number of ether oxygens (including phenoxy) is 1. The second kappa shape index (κ2) is 5.90. The first kappa shape index (κ1) is 12.9. The van der Waals surface area contributed by atoms with Crippen LogP contribution in [0.4, 0.5) is 0 Å². The predicted octanol–water partition coefficient (Wildman–Crippen LogP) is 4.85. The Balaban J connectivity index is 2.23. The van der Waals surface area contributed by atoms with Gasteiger partial charge in [-0.1, -0.05) is 28.1 Å². The van der Waals surface area contributed by atoms with Crippen LogP contribution in [0.5, 0.6) is 11.5 Å². The van der Waals surface area contributed by atoms with Crippen LogP contribution in [0.25, 0.3) is 0 Å². The Morgan fingerprint density at radius 3 is 2.61 bits per heavy atom. The van der Waals surface area contributed by atoms with Crippen molar-refractivity contribution in [3.8, 4) is 17.6 Å². The summed E-state index contributed by atoms with van der Waals surface area (Å²) in [5.74, 6) is 1.79. The largest absolute Gasteiger partial charge is 0.457 e. The van der Waals surface area contributed by atoms with Crippen LogP contribution in [0, 0.1) is 11.3 Å². The van der Waals surface area contributed by atoms with Crippen LogP contribution in [0.2, 0.25) is 0 Å². The van der Waals surface area contributed by atoms with Crippen molar-refractivity contribution >= 4 is 27.5 Å². The summed E-state index contributed by atoms with van der Waals surface area (Å²) < 4.78 is 6.59. The Labute approximate surface area is 119 Å². The smallest absolute Gasteiger partial charge is 0.128 e. The van der Waals surface area contributed by atoms with Gasteiger partial charge in [0.2, 0.25) is 0 Å². The van der Waals surface area contributed by atoms with E-state index in [2.05, 4.69) is 22.0 Å². The van der Waals surface area contributed by atoms with Gasteiger partial charge < -0.3 is 4.74 Å². The summed E-state index contributed by atoms with van der Waals surface area (Å²) in [7, 11) is 0. The molecule has 0 saturated heterocycles. The van der Waals surface area contributed by atoms with Crippen molar-refractivity contribution in [1.82, 2.24) is 0 Å². The maximum absolute atomic E-state index is 8.81. The Kier molecular flexibility index (Phi) is 4.24. The highest BCUT2D eigenvalue weighted by Crippen LogP contribution is 2.28. The van der Waals surface area contributed by atoms with Crippen molar-refractivity contribution in [1.29, 1.82) is 5.26 Å². The van der Waals surface area contributed by atoms with Gasteiger partial charge in [0.1, 0.15) is 11.5 Å². The van der Waals surface area contributed by atoms with Crippen LogP contribution >= 0.6 is 27.5 Å². The molecule has 0 aromatic heterocycles. The maximum atomic E-state index is 8.81. The monoisotopic (exact) mass is 321 g/mol. The van der Waals surface area contributed by atoms with Crippen molar-refractivity contribution in [2.75, 3.05) is 0 Å². The number of hydrogen-bond acceptors (Lipinski definition) is 2. The second-order valence-corrected chi connectivity index (χ2v) is 4.75. The summed E-state index contributed by atoms with van der Waals surface area (Å²) in [4.78, 5) is 0. The van der Waals surface area contributed by atoms with E-state index in [0.29, 0.717) is 22.9 Å². The first-order chi connectivity index (χ1) is 8.72. The molecule has 2 aromatic carbocycles. The third-order valence-corrected chi connectivity index (χ3v) is 3.39. The number of halogens is 2. The number of hydrogen-bond donors (Lipinski definition) is 0. The first-order valence-corrected chi connectivity index (χ1v) is 6.58. The van der Waals surface area contributed by atoms with E-state index in [1.165, 1.54) is 0 Å². The quantitative estimate of drug-likeness (QED) is 0.757. The van der Waals surface area contributed by atoms with E-state index in [1.54, 1.807) is 18.2 Å². The van der Waals surface area contributed by atoms with Gasteiger partial charge in [-0.2, -0.15) is 5.26 Å². The van der Waals surface area contributed by atoms with E-state index in [0.717, 1.165) is 10.0 Å². The van der Waals surface area contributed by atoms with Crippen LogP contribution in [0.1, 0.15) is 11.1 Å². The SMILES string of the molecule is N#Cc1cccc(Oc2ccc(CCl)c(Br)c2)c1. The number of alkyl halides is 1. The fourth-order valence-corrected chi connectivity index (χ4v) is 2.36. The maximum Gasteiger partial charge on any atom is 0.128 e. The molecular formula is C14H9BrClNO. The molecule has 0 unspecified atom stereocenters. The normalized spacial score (nSPS) is 9.83. The highest BCUT2D eigenvalue weighted by atomic mass is 79.9. The molecule has 0 aliphatic rings. The van der Waals surface area contributed by atoms with Gasteiger partial charge in [0.05, 0.1) is 11.6 Å². The lowest BCUT2D eigenvalue weighted by atomic mass is 10.2. The van der Waals surface area contributed by atoms with Crippen molar-refractivity contribution in [3.05, 3.63) is 58.1 Å². The van der Waals surface area contributed by atoms with Gasteiger partial charge in [0.15, 0.2) is 0 Å². The zero-order valence-corrected chi connectivity index (χ0v) is 11.7. The van der Waals surface area contributed by atoms with Gasteiger partial charge in [-0.25, -0.2) is 0 Å². The molecule has 0 bridgehead atoms. The van der Waals surface area contributed by atoms with Crippen molar-refractivity contribution < 1.29 is 4.74 Å². The van der Waals surface area contributed by atoms with Crippen molar-refractivity contribution in [2.45, 2.75) is 5.88 Å². The average Bonchev–Trinajstić information content (AvgIpc) is 2.39. The van der Waals surface area contributed by atoms with Gasteiger partial charge in [0.25, 0.3) is 0 Å². The molecule has 18 heavy (non-hydrogen) atoms. The molecule has 4 heteroatoms. The predicted molar refractivity (Wildman–Crippen MR) is 74.9 cm³/mol. The van der Waals surface area contributed by atoms with Crippen LogP contribution < -0.4 is 4.74 Å². The molecule has 0 amide bonds. The number of rotatable bonds is 3. The molecule has 0 heterocycles. The molecule has 0 aliphatic heterocycles. The molecule has 0 saturated carbocycles. The van der Waals surface area contributed by atoms with E-state index in [-0.39, 0.29) is 0 Å². The molecule has 2 rings (SSSR count). The van der Waals surface area contributed by atoms with Crippen LogP contribution in [0.3, 0.4) is 0 Å². The lowest BCUT2D eigenvalue weighted by molar-refractivity contribution is 0.482. The molecule has 0 atom stereocenters. The summed E-state index contributed by atoms with van der Waals surface area (Å²) in [6.07, 6.45) is 0. The van der Waals surface area contributed by atoms with Crippen molar-refractivity contribution in [2.24, 2.45) is 0 Å². The van der Waals surface area contributed by atoms with E-state index in [1.807, 2.05) is 24.3 Å². The molecule has 90 valence electrons. The third kappa shape index (κ3) is 3.04. The standard InChI is InChI=1S/C14H9BrClNO/c15-14-7-13(5-4-11(14)8-16)18-12-3-1-2-10(6-12)9-17/h1-7H,8H2. The van der Waals surface area contributed by atoms with E-state index in [9.17, 15) is 0 Å². The summed E-state index contributed by atoms with van der Waals surface area (Å²) in [5, 5.41) is 8.81. The Hall–Kier alpha value is -1.50. The van der Waals surface area contributed by atoms with E-state index >= 15 is 0 Å². The van der Waals surface area contributed by atoms with Crippen LogP contribution in [-0.2, 0) is 5.88 Å². The summed E-state index contributed by atoms with van der Waals surface area (Å²) in [6, 6.07) is 14.7. The van der Waals surface area contributed by atoms with Gasteiger partial charge in [-0.3, -0.25) is 0 Å². The number of nitrogens with zero attached hydrogens (tertiary/aromatic N) is 1. The van der Waals surface area contributed by atoms with Gasteiger partial charge >= 0.3 is 0 Å². The van der Waals surface area contributed by atoms with E-state index < -0.39 is 0 Å². The molecule has 2 nitrogen and oxygen atoms in total. The van der Waals surface area contributed by atoms with Gasteiger partial charge in [-0.05, 0) is 35.9 Å². The third-order valence-electron chi connectivity index (χ3n) is 2.37. The lowest BCUT2D eigenvalue weighted by Gasteiger charge is -2.08. The first-order valence-electron chi connectivity index (χ1n) is 5.25. The Morgan fingerprint density at radius 2 is 1.94 bits per heavy atom. The highest BCUT2D eigenvalue weighted by molar-refractivity contribution is 9.10. The molecule has 0 N–H and O–H groups in total. The molecule has 0 spiro atoms. The average molecular weight is 323 g/mol. The minimum atomic E-state index is 0.449. The molecule has 0 radical (unpaired) electrons. The molecular weight excluding hydrogens is 314 g/mol. The lowest BCUT2D eigenvalue weighted by Crippen LogP contribution is -1.87.